The van der Waals surface area contributed by atoms with Gasteiger partial charge < -0.3 is 24.1 Å². The van der Waals surface area contributed by atoms with Gasteiger partial charge in [-0.25, -0.2) is 4.79 Å². The van der Waals surface area contributed by atoms with Crippen molar-refractivity contribution in [2.24, 2.45) is 5.92 Å². The van der Waals surface area contributed by atoms with E-state index in [2.05, 4.69) is 101 Å². The van der Waals surface area contributed by atoms with Crippen LogP contribution in [0.2, 0.25) is 0 Å². The zero-order chi connectivity index (χ0) is 48.8. The maximum Gasteiger partial charge on any atom is 0.338 e. The predicted octanol–water partition coefficient (Wildman–Crippen LogP) is 14.8. The molecule has 0 spiro atoms. The van der Waals surface area contributed by atoms with Gasteiger partial charge in [0.15, 0.2) is 6.29 Å². The molecule has 7 nitrogen and oxygen atoms in total. The van der Waals surface area contributed by atoms with Gasteiger partial charge in [0.25, 0.3) is 0 Å². The van der Waals surface area contributed by atoms with E-state index in [4.69, 9.17) is 18.9 Å². The van der Waals surface area contributed by atoms with E-state index in [1.165, 1.54) is 0 Å². The maximum absolute atomic E-state index is 13.2. The lowest BCUT2D eigenvalue weighted by molar-refractivity contribution is -0.142. The van der Waals surface area contributed by atoms with E-state index >= 15 is 0 Å². The van der Waals surface area contributed by atoms with Gasteiger partial charge in [0.1, 0.15) is 0 Å². The van der Waals surface area contributed by atoms with E-state index in [1.54, 1.807) is 6.07 Å². The number of hydrogen-bond acceptors (Lipinski definition) is 7. The molecule has 3 aromatic rings. The van der Waals surface area contributed by atoms with E-state index in [0.29, 0.717) is 49.7 Å². The number of aliphatic hydroxyl groups excluding tert-OH is 1. The standard InChI is InChI=1S/C61H76O7/c1-7-11-15-19-23-38-67-60(63)48(6)41-56(40-47(5)46-65-36-20-16-12-8-2)54-32-28-52(29-33-54)50-24-26-51(27-25-50)53-30-34-55(35-31-53)57-42-49(44-59(62)66-37-21-17-13-9-3)43-58(45-57)61(64)68-39-22-18-14-10-4/h7-10,24-32,34-35,40-43,45,54,60,63H,1-4,6,11-23,33,36-39,44,46H2,5H3/b47-40+,56-41+. The van der Waals surface area contributed by atoms with Gasteiger partial charge in [-0.05, 0) is 153 Å². The number of carbonyl (C=O) groups excluding carboxylic acids is 2. The highest BCUT2D eigenvalue weighted by Gasteiger charge is 2.18. The topological polar surface area (TPSA) is 91.3 Å². The molecule has 0 amide bonds. The highest BCUT2D eigenvalue weighted by molar-refractivity contribution is 5.92. The first-order valence-corrected chi connectivity index (χ1v) is 24.6. The molecule has 2 atom stereocenters. The SMILES string of the molecule is C=CCCCCCOC(O)C(=C)/C=C(\C=C(/C)COCCCCC=C)C1C=CC(c2ccc(-c3ccc(-c4cc(CC(=O)OCCCCC=C)cc(C(=O)OCCCCC=C)c4)cc3)cc2)=CC1. The minimum absolute atomic E-state index is 0.0551. The highest BCUT2D eigenvalue weighted by Crippen LogP contribution is 2.33. The third-order valence-corrected chi connectivity index (χ3v) is 11.7. The molecule has 362 valence electrons. The van der Waals surface area contributed by atoms with Gasteiger partial charge in [-0.15, -0.1) is 26.3 Å². The van der Waals surface area contributed by atoms with Crippen LogP contribution in [0.25, 0.3) is 27.8 Å². The Morgan fingerprint density at radius 2 is 1.21 bits per heavy atom. The zero-order valence-corrected chi connectivity index (χ0v) is 40.8. The normalized spacial score (nSPS) is 14.1. The average Bonchev–Trinajstić information content (AvgIpc) is 3.35. The lowest BCUT2D eigenvalue weighted by Crippen LogP contribution is -2.15. The van der Waals surface area contributed by atoms with Gasteiger partial charge in [-0.2, -0.15) is 0 Å². The number of hydrogen-bond donors (Lipinski definition) is 1. The lowest BCUT2D eigenvalue weighted by Gasteiger charge is -2.21. The summed E-state index contributed by atoms with van der Waals surface area (Å²) in [5, 5.41) is 10.9. The Kier molecular flexibility index (Phi) is 25.8. The van der Waals surface area contributed by atoms with Gasteiger partial charge in [-0.3, -0.25) is 4.79 Å². The first-order valence-electron chi connectivity index (χ1n) is 24.6. The summed E-state index contributed by atoms with van der Waals surface area (Å²) in [6.45, 7) is 23.7. The van der Waals surface area contributed by atoms with E-state index in [9.17, 15) is 14.7 Å². The number of rotatable bonds is 34. The lowest BCUT2D eigenvalue weighted by atomic mass is 9.86. The molecule has 0 radical (unpaired) electrons. The van der Waals surface area contributed by atoms with Crippen molar-refractivity contribution in [3.05, 3.63) is 188 Å². The first kappa shape index (κ1) is 54.7. The summed E-state index contributed by atoms with van der Waals surface area (Å²) in [5.41, 5.74) is 9.92. The van der Waals surface area contributed by atoms with Crippen LogP contribution in [0.3, 0.4) is 0 Å². The smallest absolute Gasteiger partial charge is 0.338 e. The van der Waals surface area contributed by atoms with Crippen LogP contribution in [-0.2, 0) is 30.2 Å². The number of unbranched alkanes of at least 4 members (excludes halogenated alkanes) is 9. The quantitative estimate of drug-likeness (QED) is 0.0210. The summed E-state index contributed by atoms with van der Waals surface area (Å²) in [4.78, 5) is 26.0. The van der Waals surface area contributed by atoms with Crippen molar-refractivity contribution in [2.75, 3.05) is 33.0 Å². The molecule has 0 aliphatic heterocycles. The Bertz CT molecular complexity index is 2200. The van der Waals surface area contributed by atoms with E-state index in [1.807, 2.05) is 54.6 Å². The fraction of sp³-hybridized carbons (Fsp3) is 0.377. The second-order valence-corrected chi connectivity index (χ2v) is 17.4. The predicted molar refractivity (Wildman–Crippen MR) is 282 cm³/mol. The maximum atomic E-state index is 13.2. The fourth-order valence-electron chi connectivity index (χ4n) is 7.77. The molecule has 0 saturated carbocycles. The molecule has 0 fully saturated rings. The Labute approximate surface area is 408 Å². The van der Waals surface area contributed by atoms with Crippen LogP contribution in [0.5, 0.6) is 0 Å². The summed E-state index contributed by atoms with van der Waals surface area (Å²) < 4.78 is 22.9. The molecular weight excluding hydrogens is 845 g/mol. The van der Waals surface area contributed by atoms with Crippen LogP contribution in [0.15, 0.2) is 171 Å². The second kappa shape index (κ2) is 32.0. The van der Waals surface area contributed by atoms with Crippen molar-refractivity contribution in [3.8, 4) is 22.3 Å². The van der Waals surface area contributed by atoms with Gasteiger partial charge in [0.2, 0.25) is 0 Å². The van der Waals surface area contributed by atoms with Crippen LogP contribution in [0, 0.1) is 5.92 Å². The minimum atomic E-state index is -1.07. The number of benzene rings is 3. The molecule has 1 aliphatic carbocycles. The molecule has 0 bridgehead atoms. The number of aliphatic hydroxyl groups is 1. The minimum Gasteiger partial charge on any atom is -0.465 e. The zero-order valence-electron chi connectivity index (χ0n) is 40.8. The van der Waals surface area contributed by atoms with E-state index < -0.39 is 12.3 Å². The molecular formula is C61H76O7. The molecule has 4 rings (SSSR count). The van der Waals surface area contributed by atoms with Gasteiger partial charge in [-0.1, -0.05) is 122 Å². The molecule has 7 heteroatoms. The van der Waals surface area contributed by atoms with Crippen molar-refractivity contribution in [2.45, 2.75) is 110 Å². The van der Waals surface area contributed by atoms with Crippen molar-refractivity contribution in [1.82, 2.24) is 0 Å². The largest absolute Gasteiger partial charge is 0.465 e. The summed E-state index contributed by atoms with van der Waals surface area (Å²) in [6.07, 6.45) is 30.2. The van der Waals surface area contributed by atoms with Gasteiger partial charge >= 0.3 is 11.9 Å². The number of carbonyl (C=O) groups is 2. The molecule has 3 aromatic carbocycles. The molecule has 1 aliphatic rings. The van der Waals surface area contributed by atoms with Crippen molar-refractivity contribution in [1.29, 1.82) is 0 Å². The summed E-state index contributed by atoms with van der Waals surface area (Å²) in [6, 6.07) is 22.3. The molecule has 0 saturated heterocycles. The monoisotopic (exact) mass is 921 g/mol. The highest BCUT2D eigenvalue weighted by atomic mass is 16.6. The third-order valence-electron chi connectivity index (χ3n) is 11.7. The third kappa shape index (κ3) is 20.2. The Hall–Kier alpha value is -5.86. The van der Waals surface area contributed by atoms with Crippen LogP contribution in [0.4, 0.5) is 0 Å². The molecule has 1 N–H and O–H groups in total. The van der Waals surface area contributed by atoms with Crippen molar-refractivity contribution in [3.63, 3.8) is 0 Å². The van der Waals surface area contributed by atoms with Crippen molar-refractivity contribution < 1.29 is 33.6 Å². The van der Waals surface area contributed by atoms with Crippen LogP contribution in [-0.4, -0.2) is 56.4 Å². The first-order chi connectivity index (χ1) is 33.1. The van der Waals surface area contributed by atoms with Gasteiger partial charge in [0.05, 0.1) is 38.4 Å². The Balaban J connectivity index is 1.46. The number of allylic oxidation sites excluding steroid dienone is 10. The summed E-state index contributed by atoms with van der Waals surface area (Å²) in [7, 11) is 0. The van der Waals surface area contributed by atoms with E-state index in [-0.39, 0.29) is 18.3 Å². The fourth-order valence-corrected chi connectivity index (χ4v) is 7.77. The average molecular weight is 921 g/mol. The molecule has 68 heavy (non-hydrogen) atoms. The van der Waals surface area contributed by atoms with Crippen LogP contribution in [0.1, 0.15) is 118 Å². The Morgan fingerprint density at radius 1 is 0.662 bits per heavy atom. The second-order valence-electron chi connectivity index (χ2n) is 17.4. The molecule has 0 heterocycles. The number of ether oxygens (including phenoxy) is 4. The van der Waals surface area contributed by atoms with Crippen molar-refractivity contribution >= 4 is 17.5 Å². The van der Waals surface area contributed by atoms with Crippen LogP contribution >= 0.6 is 0 Å². The Morgan fingerprint density at radius 3 is 1.79 bits per heavy atom. The molecule has 2 unspecified atom stereocenters. The molecule has 0 aromatic heterocycles. The van der Waals surface area contributed by atoms with Gasteiger partial charge in [0, 0.05) is 18.1 Å². The summed E-state index contributed by atoms with van der Waals surface area (Å²) >= 11 is 0. The van der Waals surface area contributed by atoms with Crippen LogP contribution < -0.4 is 0 Å². The van der Waals surface area contributed by atoms with E-state index in [0.717, 1.165) is 134 Å². The summed E-state index contributed by atoms with van der Waals surface area (Å²) in [5.74, 6) is -0.658. The number of esters is 2.